The van der Waals surface area contributed by atoms with Gasteiger partial charge in [0.15, 0.2) is 5.96 Å². The molecule has 5 nitrogen and oxygen atoms in total. The molecule has 0 unspecified atom stereocenters. The minimum atomic E-state index is 0.688. The summed E-state index contributed by atoms with van der Waals surface area (Å²) < 4.78 is 0. The first-order valence-corrected chi connectivity index (χ1v) is 7.52. The van der Waals surface area contributed by atoms with Crippen LogP contribution in [0.15, 0.2) is 4.99 Å². The Balaban J connectivity index is 2.25. The molecule has 1 fully saturated rings. The molecular formula is C14H31N5. The molecule has 0 aromatic rings. The maximum atomic E-state index is 5.97. The van der Waals surface area contributed by atoms with Gasteiger partial charge in [-0.1, -0.05) is 0 Å². The molecule has 112 valence electrons. The zero-order valence-corrected chi connectivity index (χ0v) is 13.1. The molecule has 2 N–H and O–H groups in total. The molecule has 0 aromatic heterocycles. The van der Waals surface area contributed by atoms with Gasteiger partial charge in [0.1, 0.15) is 0 Å². The summed E-state index contributed by atoms with van der Waals surface area (Å²) in [6.45, 7) is 10.3. The number of piperidine rings is 1. The van der Waals surface area contributed by atoms with Crippen molar-refractivity contribution in [3.05, 3.63) is 0 Å². The topological polar surface area (TPSA) is 48.1 Å². The molecular weight excluding hydrogens is 238 g/mol. The fourth-order valence-electron chi connectivity index (χ4n) is 2.61. The maximum absolute atomic E-state index is 5.97. The van der Waals surface area contributed by atoms with E-state index in [0.717, 1.165) is 32.2 Å². The highest BCUT2D eigenvalue weighted by Gasteiger charge is 2.19. The van der Waals surface area contributed by atoms with Gasteiger partial charge in [0.25, 0.3) is 0 Å². The van der Waals surface area contributed by atoms with E-state index in [1.807, 2.05) is 0 Å². The van der Waals surface area contributed by atoms with Crippen molar-refractivity contribution in [1.29, 1.82) is 0 Å². The molecule has 1 saturated heterocycles. The minimum absolute atomic E-state index is 0.688. The van der Waals surface area contributed by atoms with Crippen LogP contribution in [0, 0.1) is 0 Å². The smallest absolute Gasteiger partial charge is 0.191 e. The van der Waals surface area contributed by atoms with E-state index in [1.165, 1.54) is 25.9 Å². The lowest BCUT2D eigenvalue weighted by Gasteiger charge is -2.34. The van der Waals surface area contributed by atoms with Crippen LogP contribution in [0.25, 0.3) is 0 Å². The first kappa shape index (κ1) is 16.2. The summed E-state index contributed by atoms with van der Waals surface area (Å²) in [7, 11) is 4.35. The van der Waals surface area contributed by atoms with Crippen LogP contribution in [0.5, 0.6) is 0 Å². The highest BCUT2D eigenvalue weighted by Crippen LogP contribution is 2.13. The summed E-state index contributed by atoms with van der Waals surface area (Å²) in [5.41, 5.74) is 5.97. The van der Waals surface area contributed by atoms with Gasteiger partial charge < -0.3 is 20.4 Å². The molecule has 0 amide bonds. The van der Waals surface area contributed by atoms with Gasteiger partial charge in [-0.25, -0.2) is 0 Å². The summed E-state index contributed by atoms with van der Waals surface area (Å²) >= 11 is 0. The first-order valence-electron chi connectivity index (χ1n) is 7.52. The fourth-order valence-corrected chi connectivity index (χ4v) is 2.61. The molecule has 19 heavy (non-hydrogen) atoms. The average molecular weight is 269 g/mol. The van der Waals surface area contributed by atoms with Crippen molar-refractivity contribution in [2.75, 3.05) is 53.4 Å². The molecule has 1 aliphatic rings. The van der Waals surface area contributed by atoms with Crippen molar-refractivity contribution >= 4 is 5.96 Å². The lowest BCUT2D eigenvalue weighted by atomic mass is 10.0. The predicted molar refractivity (Wildman–Crippen MR) is 82.6 cm³/mol. The number of hydrogen-bond acceptors (Lipinski definition) is 3. The third kappa shape index (κ3) is 5.37. The van der Waals surface area contributed by atoms with Crippen LogP contribution in [0.1, 0.15) is 26.7 Å². The third-order valence-electron chi connectivity index (χ3n) is 4.06. The minimum Gasteiger partial charge on any atom is -0.370 e. The van der Waals surface area contributed by atoms with Crippen molar-refractivity contribution in [1.82, 2.24) is 14.7 Å². The quantitative estimate of drug-likeness (QED) is 0.569. The Morgan fingerprint density at radius 2 is 1.79 bits per heavy atom. The van der Waals surface area contributed by atoms with Crippen LogP contribution in [0.4, 0.5) is 0 Å². The lowest BCUT2D eigenvalue weighted by Crippen LogP contribution is -2.43. The van der Waals surface area contributed by atoms with Crippen molar-refractivity contribution in [3.63, 3.8) is 0 Å². The summed E-state index contributed by atoms with van der Waals surface area (Å²) in [5, 5.41) is 0. The molecule has 0 radical (unpaired) electrons. The van der Waals surface area contributed by atoms with E-state index in [-0.39, 0.29) is 0 Å². The number of likely N-dealkylation sites (tertiary alicyclic amines) is 1. The van der Waals surface area contributed by atoms with Gasteiger partial charge >= 0.3 is 0 Å². The molecule has 0 saturated carbocycles. The maximum Gasteiger partial charge on any atom is 0.191 e. The number of nitrogens with zero attached hydrogens (tertiary/aromatic N) is 4. The zero-order chi connectivity index (χ0) is 14.3. The van der Waals surface area contributed by atoms with Crippen LogP contribution in [0.3, 0.4) is 0 Å². The predicted octanol–water partition coefficient (Wildman–Crippen LogP) is 0.669. The Morgan fingerprint density at radius 3 is 2.26 bits per heavy atom. The van der Waals surface area contributed by atoms with Crippen molar-refractivity contribution in [3.8, 4) is 0 Å². The highest BCUT2D eigenvalue weighted by atomic mass is 15.2. The van der Waals surface area contributed by atoms with Crippen LogP contribution < -0.4 is 5.73 Å². The zero-order valence-electron chi connectivity index (χ0n) is 13.1. The van der Waals surface area contributed by atoms with E-state index in [2.05, 4.69) is 47.6 Å². The Hall–Kier alpha value is -0.810. The van der Waals surface area contributed by atoms with Gasteiger partial charge in [-0.05, 0) is 53.9 Å². The molecule has 0 bridgehead atoms. The van der Waals surface area contributed by atoms with E-state index in [0.29, 0.717) is 5.96 Å². The second kappa shape index (κ2) is 8.38. The van der Waals surface area contributed by atoms with Gasteiger partial charge in [0.2, 0.25) is 0 Å². The molecule has 0 atom stereocenters. The van der Waals surface area contributed by atoms with E-state index >= 15 is 0 Å². The van der Waals surface area contributed by atoms with Crippen molar-refractivity contribution < 1.29 is 0 Å². The van der Waals surface area contributed by atoms with E-state index in [4.69, 9.17) is 5.73 Å². The van der Waals surface area contributed by atoms with Crippen LogP contribution in [0.2, 0.25) is 0 Å². The number of aliphatic imine (C=N–C) groups is 1. The Labute approximate surface area is 118 Å². The van der Waals surface area contributed by atoms with Gasteiger partial charge in [-0.2, -0.15) is 0 Å². The third-order valence-corrected chi connectivity index (χ3v) is 4.06. The van der Waals surface area contributed by atoms with E-state index in [9.17, 15) is 0 Å². The van der Waals surface area contributed by atoms with Gasteiger partial charge in [-0.3, -0.25) is 4.99 Å². The monoisotopic (exact) mass is 269 g/mol. The molecule has 1 rings (SSSR count). The summed E-state index contributed by atoms with van der Waals surface area (Å²) in [5.74, 6) is 0.688. The Morgan fingerprint density at radius 1 is 1.21 bits per heavy atom. The fraction of sp³-hybridized carbons (Fsp3) is 0.929. The second-order valence-electron chi connectivity index (χ2n) is 5.45. The number of nitrogens with two attached hydrogens (primary N) is 1. The number of rotatable bonds is 6. The van der Waals surface area contributed by atoms with Crippen molar-refractivity contribution in [2.45, 2.75) is 32.7 Å². The van der Waals surface area contributed by atoms with E-state index < -0.39 is 0 Å². The summed E-state index contributed by atoms with van der Waals surface area (Å²) in [6.07, 6.45) is 2.53. The molecule has 0 aliphatic carbocycles. The largest absolute Gasteiger partial charge is 0.370 e. The molecule has 0 spiro atoms. The second-order valence-corrected chi connectivity index (χ2v) is 5.45. The van der Waals surface area contributed by atoms with Crippen molar-refractivity contribution in [2.24, 2.45) is 10.7 Å². The molecule has 5 heteroatoms. The normalized spacial score (nSPS) is 19.1. The molecule has 1 aliphatic heterocycles. The molecule has 1 heterocycles. The average Bonchev–Trinajstić information content (AvgIpc) is 2.40. The van der Waals surface area contributed by atoms with Crippen LogP contribution >= 0.6 is 0 Å². The van der Waals surface area contributed by atoms with Gasteiger partial charge in [0.05, 0.1) is 6.54 Å². The van der Waals surface area contributed by atoms with Gasteiger partial charge in [0, 0.05) is 25.7 Å². The summed E-state index contributed by atoms with van der Waals surface area (Å²) in [6, 6.07) is 0.750. The standard InChI is InChI=1S/C14H31N5/c1-5-19(6-2)14(15)16-9-12-18-10-7-13(8-11-18)17(3)4/h13H,5-12H2,1-4H3,(H2,15,16). The highest BCUT2D eigenvalue weighted by molar-refractivity contribution is 5.77. The van der Waals surface area contributed by atoms with E-state index in [1.54, 1.807) is 0 Å². The van der Waals surface area contributed by atoms with Gasteiger partial charge in [-0.15, -0.1) is 0 Å². The lowest BCUT2D eigenvalue weighted by molar-refractivity contribution is 0.148. The Kier molecular flexibility index (Phi) is 7.16. The first-order chi connectivity index (χ1) is 9.08. The molecule has 0 aromatic carbocycles. The van der Waals surface area contributed by atoms with Crippen LogP contribution in [-0.2, 0) is 0 Å². The van der Waals surface area contributed by atoms with Crippen LogP contribution in [-0.4, -0.2) is 80.1 Å². The number of hydrogen-bond donors (Lipinski definition) is 1. The SMILES string of the molecule is CCN(CC)C(N)=NCCN1CCC(N(C)C)CC1. The Bertz CT molecular complexity index is 265. The summed E-state index contributed by atoms with van der Waals surface area (Å²) in [4.78, 5) is 11.4. The number of guanidine groups is 1.